The molecule has 7 heteroatoms. The van der Waals surface area contributed by atoms with Crippen LogP contribution in [0.1, 0.15) is 11.7 Å². The van der Waals surface area contributed by atoms with Gasteiger partial charge >= 0.3 is 0 Å². The predicted octanol–water partition coefficient (Wildman–Crippen LogP) is 3.53. The van der Waals surface area contributed by atoms with Crippen LogP contribution in [0.4, 0.5) is 0 Å². The first-order valence-corrected chi connectivity index (χ1v) is 9.40. The zero-order chi connectivity index (χ0) is 20.8. The molecule has 0 radical (unpaired) electrons. The molecule has 0 unspecified atom stereocenters. The number of benzene rings is 3. The van der Waals surface area contributed by atoms with Gasteiger partial charge < -0.3 is 28.8 Å². The van der Waals surface area contributed by atoms with Crippen LogP contribution in [0.3, 0.4) is 0 Å². The monoisotopic (exact) mass is 406 g/mol. The minimum Gasteiger partial charge on any atom is -0.504 e. The molecule has 3 aromatic carbocycles. The van der Waals surface area contributed by atoms with Crippen molar-refractivity contribution in [3.05, 3.63) is 70.4 Å². The summed E-state index contributed by atoms with van der Waals surface area (Å²) < 4.78 is 23.2. The van der Waals surface area contributed by atoms with E-state index in [1.54, 1.807) is 48.5 Å². The molecule has 4 aromatic rings. The lowest BCUT2D eigenvalue weighted by atomic mass is 10.0. The molecule has 0 saturated carbocycles. The third kappa shape index (κ3) is 2.74. The van der Waals surface area contributed by atoms with E-state index in [0.29, 0.717) is 27.9 Å². The van der Waals surface area contributed by atoms with Crippen molar-refractivity contribution in [2.75, 3.05) is 13.7 Å². The summed E-state index contributed by atoms with van der Waals surface area (Å²) in [6, 6.07) is 15.1. The highest BCUT2D eigenvalue weighted by atomic mass is 16.6. The normalized spacial score (nSPS) is 17.9. The van der Waals surface area contributed by atoms with Crippen molar-refractivity contribution in [2.24, 2.45) is 0 Å². The van der Waals surface area contributed by atoms with Gasteiger partial charge in [0.2, 0.25) is 5.43 Å². The largest absolute Gasteiger partial charge is 0.504 e. The van der Waals surface area contributed by atoms with Gasteiger partial charge in [0.25, 0.3) is 0 Å². The Hall–Kier alpha value is -3.71. The van der Waals surface area contributed by atoms with E-state index in [1.165, 1.54) is 13.2 Å². The zero-order valence-electron chi connectivity index (χ0n) is 16.0. The lowest BCUT2D eigenvalue weighted by molar-refractivity contribution is -0.0111. The Labute approximate surface area is 170 Å². The number of aliphatic hydroxyl groups is 1. The first-order chi connectivity index (χ1) is 14.6. The number of aromatic hydroxyl groups is 1. The average Bonchev–Trinajstić information content (AvgIpc) is 2.78. The Bertz CT molecular complexity index is 1320. The third-order valence-corrected chi connectivity index (χ3v) is 5.24. The SMILES string of the molecule is COc1cc([C@H]2Oc3ccc4oc5ccccc5c(=O)c4c3O[C@H]2CO)ccc1O. The number of para-hydroxylation sites is 1. The summed E-state index contributed by atoms with van der Waals surface area (Å²) in [5, 5.41) is 20.5. The van der Waals surface area contributed by atoms with Crippen LogP contribution in [-0.4, -0.2) is 30.0 Å². The van der Waals surface area contributed by atoms with Crippen LogP contribution in [-0.2, 0) is 0 Å². The number of hydrogen-bond acceptors (Lipinski definition) is 7. The van der Waals surface area contributed by atoms with Gasteiger partial charge in [-0.15, -0.1) is 0 Å². The number of ether oxygens (including phenoxy) is 3. The molecular weight excluding hydrogens is 388 g/mol. The average molecular weight is 406 g/mol. The summed E-state index contributed by atoms with van der Waals surface area (Å²) in [7, 11) is 1.45. The molecule has 0 amide bonds. The maximum atomic E-state index is 13.1. The quantitative estimate of drug-likeness (QED) is 0.502. The summed E-state index contributed by atoms with van der Waals surface area (Å²) in [6.07, 6.45) is -1.44. The minimum absolute atomic E-state index is 0.00518. The predicted molar refractivity (Wildman–Crippen MR) is 110 cm³/mol. The molecule has 0 saturated heterocycles. The van der Waals surface area contributed by atoms with Crippen molar-refractivity contribution in [3.63, 3.8) is 0 Å². The first-order valence-electron chi connectivity index (χ1n) is 9.40. The number of fused-ring (bicyclic) bond motifs is 4. The minimum atomic E-state index is -0.775. The molecule has 7 nitrogen and oxygen atoms in total. The number of methoxy groups -OCH3 is 1. The highest BCUT2D eigenvalue weighted by Gasteiger charge is 2.35. The van der Waals surface area contributed by atoms with E-state index in [0.717, 1.165) is 0 Å². The van der Waals surface area contributed by atoms with Crippen LogP contribution in [0.5, 0.6) is 23.0 Å². The van der Waals surface area contributed by atoms with Gasteiger partial charge in [0, 0.05) is 5.56 Å². The molecule has 5 rings (SSSR count). The van der Waals surface area contributed by atoms with Crippen molar-refractivity contribution in [1.82, 2.24) is 0 Å². The third-order valence-electron chi connectivity index (χ3n) is 5.24. The van der Waals surface area contributed by atoms with Crippen molar-refractivity contribution in [2.45, 2.75) is 12.2 Å². The van der Waals surface area contributed by atoms with Gasteiger partial charge in [0.15, 0.2) is 35.2 Å². The van der Waals surface area contributed by atoms with Gasteiger partial charge in [0.05, 0.1) is 19.1 Å². The van der Waals surface area contributed by atoms with Crippen LogP contribution in [0.15, 0.2) is 63.8 Å². The molecule has 2 N–H and O–H groups in total. The molecule has 30 heavy (non-hydrogen) atoms. The molecule has 2 atom stereocenters. The fourth-order valence-corrected chi connectivity index (χ4v) is 3.76. The Morgan fingerprint density at radius 1 is 1.03 bits per heavy atom. The maximum absolute atomic E-state index is 13.1. The summed E-state index contributed by atoms with van der Waals surface area (Å²) in [5.41, 5.74) is 1.29. The highest BCUT2D eigenvalue weighted by Crippen LogP contribution is 2.44. The Balaban J connectivity index is 1.67. The molecule has 0 fully saturated rings. The van der Waals surface area contributed by atoms with Crippen LogP contribution >= 0.6 is 0 Å². The van der Waals surface area contributed by atoms with Crippen LogP contribution < -0.4 is 19.6 Å². The summed E-state index contributed by atoms with van der Waals surface area (Å²) in [4.78, 5) is 13.1. The standard InChI is InChI=1S/C23H18O7/c1-27-18-10-12(6-7-14(18)25)22-19(11-24)30-23-17(29-22)9-8-16-20(23)21(26)13-4-2-3-5-15(13)28-16/h2-10,19,22,24-25H,11H2,1H3/t19-,22+/m0/s1. The molecule has 1 aromatic heterocycles. The Kier molecular flexibility index (Phi) is 4.25. The van der Waals surface area contributed by atoms with Crippen molar-refractivity contribution < 1.29 is 28.8 Å². The molecule has 2 heterocycles. The second-order valence-corrected chi connectivity index (χ2v) is 7.00. The second-order valence-electron chi connectivity index (χ2n) is 7.00. The fraction of sp³-hybridized carbons (Fsp3) is 0.174. The van der Waals surface area contributed by atoms with Gasteiger partial charge in [-0.1, -0.05) is 18.2 Å². The van der Waals surface area contributed by atoms with E-state index in [4.69, 9.17) is 18.6 Å². The van der Waals surface area contributed by atoms with Gasteiger partial charge in [-0.3, -0.25) is 4.79 Å². The Morgan fingerprint density at radius 2 is 1.87 bits per heavy atom. The van der Waals surface area contributed by atoms with E-state index >= 15 is 0 Å². The van der Waals surface area contributed by atoms with Gasteiger partial charge in [-0.25, -0.2) is 0 Å². The number of rotatable bonds is 3. The smallest absolute Gasteiger partial charge is 0.204 e. The van der Waals surface area contributed by atoms with E-state index in [2.05, 4.69) is 0 Å². The van der Waals surface area contributed by atoms with Crippen molar-refractivity contribution >= 4 is 21.9 Å². The molecule has 152 valence electrons. The van der Waals surface area contributed by atoms with E-state index in [9.17, 15) is 15.0 Å². The van der Waals surface area contributed by atoms with Crippen LogP contribution in [0, 0.1) is 0 Å². The van der Waals surface area contributed by atoms with E-state index in [-0.39, 0.29) is 34.7 Å². The summed E-state index contributed by atoms with van der Waals surface area (Å²) in [5.74, 6) is 0.887. The number of phenolic OH excluding ortho intramolecular Hbond substituents is 1. The lowest BCUT2D eigenvalue weighted by Gasteiger charge is -2.33. The van der Waals surface area contributed by atoms with Gasteiger partial charge in [-0.2, -0.15) is 0 Å². The molecule has 1 aliphatic rings. The van der Waals surface area contributed by atoms with Gasteiger partial charge in [-0.05, 0) is 36.4 Å². The lowest BCUT2D eigenvalue weighted by Crippen LogP contribution is -2.36. The van der Waals surface area contributed by atoms with Gasteiger partial charge in [0.1, 0.15) is 16.6 Å². The second kappa shape index (κ2) is 6.96. The van der Waals surface area contributed by atoms with Crippen LogP contribution in [0.25, 0.3) is 21.9 Å². The molecule has 0 aliphatic carbocycles. The topological polar surface area (TPSA) is 98.4 Å². The Morgan fingerprint density at radius 3 is 2.67 bits per heavy atom. The molecular formula is C23H18O7. The summed E-state index contributed by atoms with van der Waals surface area (Å²) in [6.45, 7) is -0.345. The number of phenols is 1. The molecule has 1 aliphatic heterocycles. The summed E-state index contributed by atoms with van der Waals surface area (Å²) >= 11 is 0. The van der Waals surface area contributed by atoms with Crippen molar-refractivity contribution in [3.8, 4) is 23.0 Å². The zero-order valence-corrected chi connectivity index (χ0v) is 16.0. The molecule has 0 spiro atoms. The highest BCUT2D eigenvalue weighted by molar-refractivity contribution is 5.94. The first kappa shape index (κ1) is 18.3. The number of hydrogen-bond donors (Lipinski definition) is 2. The number of aliphatic hydroxyl groups excluding tert-OH is 1. The van der Waals surface area contributed by atoms with E-state index < -0.39 is 12.2 Å². The maximum Gasteiger partial charge on any atom is 0.204 e. The fourth-order valence-electron chi connectivity index (χ4n) is 3.76. The molecule has 0 bridgehead atoms. The van der Waals surface area contributed by atoms with E-state index in [1.807, 2.05) is 0 Å². The van der Waals surface area contributed by atoms with Crippen LogP contribution in [0.2, 0.25) is 0 Å². The van der Waals surface area contributed by atoms with Crippen molar-refractivity contribution in [1.29, 1.82) is 0 Å².